The maximum absolute atomic E-state index is 13.1. The molecule has 0 unspecified atom stereocenters. The minimum atomic E-state index is -3.62. The van der Waals surface area contributed by atoms with Crippen LogP contribution in [-0.2, 0) is 14.8 Å². The van der Waals surface area contributed by atoms with E-state index in [0.29, 0.717) is 26.2 Å². The van der Waals surface area contributed by atoms with Crippen LogP contribution in [0.3, 0.4) is 0 Å². The average molecular weight is 428 g/mol. The molecule has 1 aromatic carbocycles. The summed E-state index contributed by atoms with van der Waals surface area (Å²) in [7, 11) is -3.62. The van der Waals surface area contributed by atoms with Gasteiger partial charge in [0.1, 0.15) is 4.90 Å². The van der Waals surface area contributed by atoms with Crippen molar-refractivity contribution in [3.8, 4) is 0 Å². The van der Waals surface area contributed by atoms with Gasteiger partial charge in [-0.15, -0.1) is 0 Å². The SMILES string of the molecule is C[C@H](C(=O)N1[C@H](C)CCC[C@H]1C)N1CCN(S(=O)(=O)c2ccccc2Cl)CC1. The number of piperazine rings is 1. The first-order valence-corrected chi connectivity index (χ1v) is 11.9. The van der Waals surface area contributed by atoms with Gasteiger partial charge < -0.3 is 4.90 Å². The highest BCUT2D eigenvalue weighted by Crippen LogP contribution is 2.27. The first-order valence-electron chi connectivity index (χ1n) is 10.0. The van der Waals surface area contributed by atoms with Gasteiger partial charge in [0.25, 0.3) is 0 Å². The van der Waals surface area contributed by atoms with Crippen LogP contribution >= 0.6 is 11.6 Å². The maximum Gasteiger partial charge on any atom is 0.244 e. The summed E-state index contributed by atoms with van der Waals surface area (Å²) < 4.78 is 27.3. The Morgan fingerprint density at radius 2 is 1.64 bits per heavy atom. The van der Waals surface area contributed by atoms with Gasteiger partial charge in [0.05, 0.1) is 11.1 Å². The van der Waals surface area contributed by atoms with E-state index in [1.807, 2.05) is 11.8 Å². The van der Waals surface area contributed by atoms with Gasteiger partial charge in [0, 0.05) is 38.3 Å². The third kappa shape index (κ3) is 4.22. The highest BCUT2D eigenvalue weighted by molar-refractivity contribution is 7.89. The van der Waals surface area contributed by atoms with Crippen molar-refractivity contribution in [2.75, 3.05) is 26.2 Å². The van der Waals surface area contributed by atoms with Crippen molar-refractivity contribution >= 4 is 27.5 Å². The Balaban J connectivity index is 1.65. The number of rotatable bonds is 4. The number of halogens is 1. The monoisotopic (exact) mass is 427 g/mol. The number of piperidine rings is 1. The molecule has 2 fully saturated rings. The van der Waals surface area contributed by atoms with Gasteiger partial charge in [-0.3, -0.25) is 9.69 Å². The lowest BCUT2D eigenvalue weighted by atomic mass is 9.96. The second-order valence-corrected chi connectivity index (χ2v) is 10.2. The number of nitrogens with zero attached hydrogens (tertiary/aromatic N) is 3. The standard InChI is InChI=1S/C20H30ClN3O3S/c1-15-7-6-8-16(2)24(15)20(25)17(3)22-11-13-23(14-12-22)28(26,27)19-10-5-4-9-18(19)21/h4-5,9-10,15-17H,6-8,11-14H2,1-3H3/t15-,16-,17-/m1/s1. The molecule has 0 aromatic heterocycles. The van der Waals surface area contributed by atoms with Crippen molar-refractivity contribution in [3.05, 3.63) is 29.3 Å². The van der Waals surface area contributed by atoms with Gasteiger partial charge in [-0.05, 0) is 52.2 Å². The van der Waals surface area contributed by atoms with Crippen LogP contribution in [0, 0.1) is 0 Å². The first kappa shape index (κ1) is 21.6. The van der Waals surface area contributed by atoms with E-state index in [-0.39, 0.29) is 34.0 Å². The van der Waals surface area contributed by atoms with Crippen LogP contribution in [0.4, 0.5) is 0 Å². The molecule has 156 valence electrons. The zero-order chi connectivity index (χ0) is 20.5. The predicted molar refractivity (Wildman–Crippen MR) is 111 cm³/mol. The molecule has 2 aliphatic rings. The van der Waals surface area contributed by atoms with Crippen molar-refractivity contribution in [2.45, 2.75) is 63.1 Å². The summed E-state index contributed by atoms with van der Waals surface area (Å²) in [6.45, 7) is 7.96. The minimum absolute atomic E-state index is 0.144. The predicted octanol–water partition coefficient (Wildman–Crippen LogP) is 2.82. The van der Waals surface area contributed by atoms with E-state index in [1.54, 1.807) is 18.2 Å². The molecule has 0 saturated carbocycles. The van der Waals surface area contributed by atoms with Gasteiger partial charge in [-0.1, -0.05) is 23.7 Å². The third-order valence-corrected chi connectivity index (χ3v) is 8.48. The lowest BCUT2D eigenvalue weighted by Gasteiger charge is -2.43. The zero-order valence-corrected chi connectivity index (χ0v) is 18.4. The smallest absolute Gasteiger partial charge is 0.244 e. The van der Waals surface area contributed by atoms with Crippen LogP contribution in [0.2, 0.25) is 5.02 Å². The number of benzene rings is 1. The van der Waals surface area contributed by atoms with Gasteiger partial charge in [0.2, 0.25) is 15.9 Å². The molecule has 0 N–H and O–H groups in total. The molecule has 2 saturated heterocycles. The number of hydrogen-bond acceptors (Lipinski definition) is 4. The highest BCUT2D eigenvalue weighted by Gasteiger charge is 2.37. The summed E-state index contributed by atoms with van der Waals surface area (Å²) in [5.74, 6) is 0.155. The molecule has 1 amide bonds. The van der Waals surface area contributed by atoms with Crippen LogP contribution in [0.15, 0.2) is 29.2 Å². The molecule has 1 aromatic rings. The quantitative estimate of drug-likeness (QED) is 0.741. The second-order valence-electron chi connectivity index (χ2n) is 7.92. The fraction of sp³-hybridized carbons (Fsp3) is 0.650. The summed E-state index contributed by atoms with van der Waals surface area (Å²) in [6, 6.07) is 6.81. The number of sulfonamides is 1. The number of likely N-dealkylation sites (tertiary alicyclic amines) is 1. The Kier molecular flexibility index (Phi) is 6.69. The fourth-order valence-electron chi connectivity index (χ4n) is 4.35. The number of carbonyl (C=O) groups is 1. The molecule has 3 atom stereocenters. The maximum atomic E-state index is 13.1. The summed E-state index contributed by atoms with van der Waals surface area (Å²) in [4.78, 5) is 17.4. The largest absolute Gasteiger partial charge is 0.336 e. The Bertz CT molecular complexity index is 799. The second kappa shape index (κ2) is 8.69. The Hall–Kier alpha value is -1.15. The molecule has 0 spiro atoms. The first-order chi connectivity index (χ1) is 13.2. The molecule has 6 nitrogen and oxygen atoms in total. The molecule has 0 bridgehead atoms. The Labute approximate surface area is 173 Å². The van der Waals surface area contributed by atoms with Crippen molar-refractivity contribution in [1.29, 1.82) is 0 Å². The normalized spacial score (nSPS) is 26.2. The van der Waals surface area contributed by atoms with Crippen LogP contribution in [0.1, 0.15) is 40.0 Å². The summed E-state index contributed by atoms with van der Waals surface area (Å²) in [5, 5.41) is 0.238. The van der Waals surface area contributed by atoms with E-state index in [4.69, 9.17) is 11.6 Å². The Morgan fingerprint density at radius 1 is 1.07 bits per heavy atom. The van der Waals surface area contributed by atoms with Crippen LogP contribution < -0.4 is 0 Å². The minimum Gasteiger partial charge on any atom is -0.336 e. The van der Waals surface area contributed by atoms with E-state index in [9.17, 15) is 13.2 Å². The van der Waals surface area contributed by atoms with Crippen molar-refractivity contribution in [3.63, 3.8) is 0 Å². The van der Waals surface area contributed by atoms with Crippen LogP contribution in [0.5, 0.6) is 0 Å². The van der Waals surface area contributed by atoms with E-state index < -0.39 is 10.0 Å². The number of amides is 1. The topological polar surface area (TPSA) is 60.9 Å². The average Bonchev–Trinajstić information content (AvgIpc) is 2.67. The molecular weight excluding hydrogens is 398 g/mol. The molecular formula is C20H30ClN3O3S. The summed E-state index contributed by atoms with van der Waals surface area (Å²) in [6.07, 6.45) is 3.26. The molecule has 0 radical (unpaired) electrons. The van der Waals surface area contributed by atoms with E-state index in [0.717, 1.165) is 12.8 Å². The Morgan fingerprint density at radius 3 is 2.21 bits per heavy atom. The highest BCUT2D eigenvalue weighted by atomic mass is 35.5. The van der Waals surface area contributed by atoms with Gasteiger partial charge >= 0.3 is 0 Å². The zero-order valence-electron chi connectivity index (χ0n) is 16.8. The lowest BCUT2D eigenvalue weighted by Crippen LogP contribution is -2.58. The summed E-state index contributed by atoms with van der Waals surface area (Å²) >= 11 is 6.10. The molecule has 0 aliphatic carbocycles. The fourth-order valence-corrected chi connectivity index (χ4v) is 6.27. The molecule has 2 aliphatic heterocycles. The van der Waals surface area contributed by atoms with E-state index in [1.165, 1.54) is 16.8 Å². The third-order valence-electron chi connectivity index (χ3n) is 6.08. The number of carbonyl (C=O) groups excluding carboxylic acids is 1. The lowest BCUT2D eigenvalue weighted by molar-refractivity contribution is -0.143. The summed E-state index contributed by atoms with van der Waals surface area (Å²) in [5.41, 5.74) is 0. The molecule has 8 heteroatoms. The van der Waals surface area contributed by atoms with Gasteiger partial charge in [-0.2, -0.15) is 4.31 Å². The van der Waals surface area contributed by atoms with Gasteiger partial charge in [0.15, 0.2) is 0 Å². The van der Waals surface area contributed by atoms with E-state index >= 15 is 0 Å². The van der Waals surface area contributed by atoms with Gasteiger partial charge in [-0.25, -0.2) is 8.42 Å². The van der Waals surface area contributed by atoms with Crippen molar-refractivity contribution in [1.82, 2.24) is 14.1 Å². The van der Waals surface area contributed by atoms with Crippen LogP contribution in [-0.4, -0.2) is 72.7 Å². The molecule has 28 heavy (non-hydrogen) atoms. The van der Waals surface area contributed by atoms with Crippen LogP contribution in [0.25, 0.3) is 0 Å². The van der Waals surface area contributed by atoms with Crippen molar-refractivity contribution in [2.24, 2.45) is 0 Å². The number of hydrogen-bond donors (Lipinski definition) is 0. The van der Waals surface area contributed by atoms with Crippen molar-refractivity contribution < 1.29 is 13.2 Å². The van der Waals surface area contributed by atoms with E-state index in [2.05, 4.69) is 18.7 Å². The molecule has 3 rings (SSSR count). The molecule has 2 heterocycles.